The Balaban J connectivity index is 1.38. The monoisotopic (exact) mass is 641 g/mol. The van der Waals surface area contributed by atoms with Crippen LogP contribution >= 0.6 is 0 Å². The lowest BCUT2D eigenvalue weighted by atomic mass is 9.92. The van der Waals surface area contributed by atoms with Crippen molar-refractivity contribution >= 4 is 22.4 Å². The van der Waals surface area contributed by atoms with Gasteiger partial charge in [0.15, 0.2) is 11.6 Å². The van der Waals surface area contributed by atoms with Crippen molar-refractivity contribution in [3.05, 3.63) is 59.3 Å². The van der Waals surface area contributed by atoms with Crippen molar-refractivity contribution in [1.82, 2.24) is 25.2 Å². The lowest BCUT2D eigenvalue weighted by Crippen LogP contribution is -2.59. The number of hydrogen-bond acceptors (Lipinski definition) is 8. The van der Waals surface area contributed by atoms with E-state index in [2.05, 4.69) is 40.3 Å². The van der Waals surface area contributed by atoms with Crippen molar-refractivity contribution < 1.29 is 26.7 Å². The minimum absolute atomic E-state index is 0.125. The van der Waals surface area contributed by atoms with Crippen molar-refractivity contribution in [3.63, 3.8) is 0 Å². The van der Waals surface area contributed by atoms with Gasteiger partial charge in [-0.1, -0.05) is 31.2 Å². The lowest BCUT2D eigenvalue weighted by molar-refractivity contribution is -0.137. The first-order chi connectivity index (χ1) is 21.7. The number of nitrogens with one attached hydrogen (secondary N) is 1. The van der Waals surface area contributed by atoms with Gasteiger partial charge in [0.2, 0.25) is 0 Å². The Morgan fingerprint density at radius 2 is 1.85 bits per heavy atom. The first-order valence-electron chi connectivity index (χ1n) is 15.5. The molecule has 8 nitrogen and oxygen atoms in total. The maximum atomic E-state index is 16.6. The van der Waals surface area contributed by atoms with E-state index < -0.39 is 45.9 Å². The predicted octanol–water partition coefficient (Wildman–Crippen LogP) is 5.94. The molecular formula is C33H36F5N7O. The molecule has 2 bridgehead atoms. The maximum Gasteiger partial charge on any atom is 0.417 e. The van der Waals surface area contributed by atoms with Crippen LogP contribution in [0.3, 0.4) is 0 Å². The number of alkyl halides is 3. The van der Waals surface area contributed by atoms with Crippen molar-refractivity contribution in [2.24, 2.45) is 0 Å². The van der Waals surface area contributed by atoms with Crippen LogP contribution in [-0.2, 0) is 6.18 Å². The Labute approximate surface area is 263 Å². The molecule has 6 heterocycles. The van der Waals surface area contributed by atoms with Crippen LogP contribution in [0.5, 0.6) is 6.01 Å². The normalized spacial score (nSPS) is 24.3. The third kappa shape index (κ3) is 4.90. The number of aryl methyl sites for hydroxylation is 1. The molecule has 0 amide bonds. The topological polar surface area (TPSA) is 92.4 Å². The van der Waals surface area contributed by atoms with Gasteiger partial charge < -0.3 is 20.7 Å². The Bertz CT molecular complexity index is 1770. The summed E-state index contributed by atoms with van der Waals surface area (Å²) < 4.78 is 81.0. The molecule has 4 aliphatic heterocycles. The number of nitrogen functional groups attached to an aromatic ring is 1. The smallest absolute Gasteiger partial charge is 0.417 e. The third-order valence-corrected chi connectivity index (χ3v) is 10.2. The molecule has 3 N–H and O–H groups in total. The van der Waals surface area contributed by atoms with Crippen molar-refractivity contribution in [2.75, 3.05) is 43.4 Å². The molecule has 4 saturated heterocycles. The second kappa shape index (κ2) is 10.6. The van der Waals surface area contributed by atoms with Gasteiger partial charge in [0, 0.05) is 44.0 Å². The van der Waals surface area contributed by atoms with Gasteiger partial charge in [-0.3, -0.25) is 9.88 Å². The Morgan fingerprint density at radius 1 is 1.13 bits per heavy atom. The van der Waals surface area contributed by atoms with E-state index in [1.807, 2.05) is 4.90 Å². The number of hydrogen-bond donors (Lipinski definition) is 2. The number of benzene rings is 1. The quantitative estimate of drug-likeness (QED) is 0.194. The Hall–Kier alpha value is -3.84. The van der Waals surface area contributed by atoms with Crippen LogP contribution in [0.25, 0.3) is 22.2 Å². The minimum atomic E-state index is -5.00. The summed E-state index contributed by atoms with van der Waals surface area (Å²) in [6.45, 7) is 14.3. The molecule has 0 saturated carbocycles. The highest BCUT2D eigenvalue weighted by Crippen LogP contribution is 2.45. The van der Waals surface area contributed by atoms with Crippen LogP contribution in [0, 0.1) is 18.6 Å². The molecular weight excluding hydrogens is 605 g/mol. The Morgan fingerprint density at radius 3 is 2.52 bits per heavy atom. The second-order valence-corrected chi connectivity index (χ2v) is 13.5. The van der Waals surface area contributed by atoms with Crippen LogP contribution < -0.4 is 20.7 Å². The van der Waals surface area contributed by atoms with E-state index >= 15 is 8.78 Å². The molecule has 4 aliphatic rings. The number of fused-ring (bicyclic) bond motifs is 4. The zero-order valence-corrected chi connectivity index (χ0v) is 25.8. The average molecular weight is 642 g/mol. The summed E-state index contributed by atoms with van der Waals surface area (Å²) in [6.07, 6.45) is 0.406. The first kappa shape index (κ1) is 30.8. The SMILES string of the molecule is C=C1CN2CC(=C)CC2(COc2nc(N3CC4CCC(CC)(C3)N4)c3cnc(-c4c(F)c(N)cc(C)c4C(F)(F)F)c(F)c3n2)C1. The van der Waals surface area contributed by atoms with Crippen molar-refractivity contribution in [1.29, 1.82) is 0 Å². The molecule has 2 unspecified atom stereocenters. The van der Waals surface area contributed by atoms with Crippen LogP contribution in [0.1, 0.15) is 50.2 Å². The molecule has 0 spiro atoms. The zero-order chi connectivity index (χ0) is 32.8. The van der Waals surface area contributed by atoms with Crippen LogP contribution in [0.15, 0.2) is 36.6 Å². The van der Waals surface area contributed by atoms with E-state index in [-0.39, 0.29) is 40.7 Å². The maximum absolute atomic E-state index is 16.6. The van der Waals surface area contributed by atoms with Gasteiger partial charge in [-0.2, -0.15) is 23.1 Å². The van der Waals surface area contributed by atoms with E-state index in [0.29, 0.717) is 44.8 Å². The summed E-state index contributed by atoms with van der Waals surface area (Å²) in [6, 6.07) is 0.938. The van der Waals surface area contributed by atoms with Crippen molar-refractivity contribution in [2.45, 2.75) is 69.2 Å². The number of pyridine rings is 1. The fourth-order valence-electron chi connectivity index (χ4n) is 8.10. The van der Waals surface area contributed by atoms with Crippen LogP contribution in [0.2, 0.25) is 0 Å². The van der Waals surface area contributed by atoms with Gasteiger partial charge in [-0.15, -0.1) is 0 Å². The molecule has 13 heteroatoms. The highest BCUT2D eigenvalue weighted by molar-refractivity contribution is 5.92. The fourth-order valence-corrected chi connectivity index (χ4v) is 8.10. The van der Waals surface area contributed by atoms with E-state index in [1.54, 1.807) is 0 Å². The summed E-state index contributed by atoms with van der Waals surface area (Å²) in [5, 5.41) is 3.90. The van der Waals surface area contributed by atoms with Gasteiger partial charge in [0.05, 0.1) is 27.7 Å². The predicted molar refractivity (Wildman–Crippen MR) is 166 cm³/mol. The zero-order valence-electron chi connectivity index (χ0n) is 25.8. The van der Waals surface area contributed by atoms with Gasteiger partial charge in [-0.25, -0.2) is 8.78 Å². The average Bonchev–Trinajstić information content (AvgIpc) is 3.58. The highest BCUT2D eigenvalue weighted by atomic mass is 19.4. The van der Waals surface area contributed by atoms with Crippen LogP contribution in [-0.4, -0.2) is 69.8 Å². The molecule has 2 atom stereocenters. The number of ether oxygens (including phenoxy) is 1. The van der Waals surface area contributed by atoms with Crippen LogP contribution in [0.4, 0.5) is 33.5 Å². The standard InChI is InChI=1S/C33H36F5N7O/c1-5-31-7-6-20(43-31)14-44(15-31)29-21-11-40-28(23-24(33(36,37)38)19(4)8-22(39)25(23)34)26(35)27(21)41-30(42-29)46-16-32-9-17(2)12-45(32)13-18(3)10-32/h8,11,20,43H,2-3,5-7,9-10,12-16,39H2,1,4H3. The summed E-state index contributed by atoms with van der Waals surface area (Å²) >= 11 is 0. The molecule has 0 aliphatic carbocycles. The molecule has 1 aromatic carbocycles. The summed E-state index contributed by atoms with van der Waals surface area (Å²) in [5.74, 6) is -2.25. The largest absolute Gasteiger partial charge is 0.461 e. The third-order valence-electron chi connectivity index (χ3n) is 10.2. The molecule has 244 valence electrons. The van der Waals surface area contributed by atoms with Crippen molar-refractivity contribution in [3.8, 4) is 17.3 Å². The number of piperazine rings is 1. The summed E-state index contributed by atoms with van der Waals surface area (Å²) in [5.41, 5.74) is 2.87. The minimum Gasteiger partial charge on any atom is -0.461 e. The number of nitrogens with two attached hydrogens (primary N) is 1. The van der Waals surface area contributed by atoms with E-state index in [0.717, 1.165) is 43.4 Å². The van der Waals surface area contributed by atoms with E-state index in [9.17, 15) is 13.2 Å². The first-order valence-corrected chi connectivity index (χ1v) is 15.5. The van der Waals surface area contributed by atoms with Gasteiger partial charge in [0.1, 0.15) is 23.6 Å². The molecule has 46 heavy (non-hydrogen) atoms. The number of halogens is 5. The summed E-state index contributed by atoms with van der Waals surface area (Å²) in [7, 11) is 0. The van der Waals surface area contributed by atoms with Gasteiger partial charge >= 0.3 is 12.2 Å². The number of rotatable bonds is 6. The molecule has 3 aromatic rings. The van der Waals surface area contributed by atoms with E-state index in [1.165, 1.54) is 6.20 Å². The molecule has 4 fully saturated rings. The fraction of sp³-hybridized carbons (Fsp3) is 0.485. The lowest BCUT2D eigenvalue weighted by Gasteiger charge is -2.42. The van der Waals surface area contributed by atoms with Gasteiger partial charge in [-0.05, 0) is 50.7 Å². The molecule has 2 aromatic heterocycles. The Kier molecular flexibility index (Phi) is 7.09. The molecule has 0 radical (unpaired) electrons. The number of anilines is 2. The van der Waals surface area contributed by atoms with E-state index in [4.69, 9.17) is 15.5 Å². The number of aromatic nitrogens is 3. The number of nitrogens with zero attached hydrogens (tertiary/aromatic N) is 5. The van der Waals surface area contributed by atoms with Gasteiger partial charge in [0.25, 0.3) is 0 Å². The highest BCUT2D eigenvalue weighted by Gasteiger charge is 2.48. The molecule has 7 rings (SSSR count). The summed E-state index contributed by atoms with van der Waals surface area (Å²) in [4.78, 5) is 17.5. The second-order valence-electron chi connectivity index (χ2n) is 13.5.